The summed E-state index contributed by atoms with van der Waals surface area (Å²) in [6.07, 6.45) is 9.41. The standard InChI is InChI=1S/C17H26N6O2.C17H24N6O2.C17H22N6O2.2C16H24N6O2/c1-7-8-21-15(24)13-14(20(6)17(21)25)18-16-22(9-10(2)3)19-11(4)12(5)23(13)16;1-7-9-21-14(24)12-13(20(6)16(21)25)18-15-22(12)10-11(17(3,4)5)19-23(15)8-2;1-6-7-8-21-15(24)13-14(20(5)17(21)25)18-16-22(13)10-12(4)19-23(16)9-11(2)3;1-6-7-22-15-17-13-12(20(15)9-11(4)18-22)14(23)21(8-10(2)3)16(24)19(13)5;1-5-7-9-20-14(23)12-13(19(4)16(20)24)17-15-21(12)10-11(3)18-22(15)8-6-2/h10,12H,7-9H2,1-6H3;7H,1,8-10H2,2-6H3;6-7H,2,8-10H2,1,3-5H3;10H,6-9H2,1-5H3;5-10H2,1-4H3/b;;7-6+;;. The number of unbranched alkanes of at least 4 members (excludes halogenated alkanes) is 1. The first-order chi connectivity index (χ1) is 58.2. The normalized spacial score (nSPS) is 15.0. The number of hydrogen-bond acceptors (Lipinski definition) is 25. The van der Waals surface area contributed by atoms with Crippen LogP contribution in [0, 0.1) is 17.3 Å². The lowest BCUT2D eigenvalue weighted by molar-refractivity contribution is 0.484. The molecular formula is C83H120N30O10. The van der Waals surface area contributed by atoms with E-state index in [4.69, 9.17) is 5.10 Å². The quantitative estimate of drug-likeness (QED) is 0.0712. The van der Waals surface area contributed by atoms with Gasteiger partial charge in [-0.1, -0.05) is 113 Å². The Kier molecular flexibility index (Phi) is 27.1. The van der Waals surface area contributed by atoms with Crippen molar-refractivity contribution in [3.8, 4) is 0 Å². The van der Waals surface area contributed by atoms with Crippen LogP contribution in [0.5, 0.6) is 0 Å². The minimum Gasteiger partial charge on any atom is -0.297 e. The average Bonchev–Trinajstić information content (AvgIpc) is 1.59. The van der Waals surface area contributed by atoms with E-state index in [0.717, 1.165) is 79.3 Å². The van der Waals surface area contributed by atoms with Gasteiger partial charge in [0.2, 0.25) is 29.7 Å². The molecule has 0 fully saturated rings. The predicted molar refractivity (Wildman–Crippen MR) is 488 cm³/mol. The van der Waals surface area contributed by atoms with Gasteiger partial charge in [0.1, 0.15) is 0 Å². The molecule has 10 aromatic heterocycles. The number of imidazole rings is 5. The van der Waals surface area contributed by atoms with Crippen molar-refractivity contribution in [2.24, 2.45) is 78.0 Å². The van der Waals surface area contributed by atoms with Gasteiger partial charge in [0.15, 0.2) is 55.8 Å². The zero-order valence-electron chi connectivity index (χ0n) is 75.8. The maximum absolute atomic E-state index is 13.0. The molecule has 662 valence electrons. The third-order valence-corrected chi connectivity index (χ3v) is 21.6. The second kappa shape index (κ2) is 36.6. The molecule has 40 heteroatoms. The second-order valence-corrected chi connectivity index (χ2v) is 33.8. The van der Waals surface area contributed by atoms with E-state index >= 15 is 0 Å². The van der Waals surface area contributed by atoms with Gasteiger partial charge in [0.25, 0.3) is 27.8 Å². The minimum absolute atomic E-state index is 0.0799. The van der Waals surface area contributed by atoms with Crippen LogP contribution >= 0.6 is 0 Å². The van der Waals surface area contributed by atoms with Crippen molar-refractivity contribution >= 4 is 114 Å². The Morgan fingerprint density at radius 3 is 1.21 bits per heavy atom. The summed E-state index contributed by atoms with van der Waals surface area (Å²) in [5.74, 6) is 3.64. The van der Waals surface area contributed by atoms with Crippen molar-refractivity contribution in [3.63, 3.8) is 0 Å². The lowest BCUT2D eigenvalue weighted by Crippen LogP contribution is -2.41. The molecule has 123 heavy (non-hydrogen) atoms. The summed E-state index contributed by atoms with van der Waals surface area (Å²) in [5.41, 5.74) is 6.46. The lowest BCUT2D eigenvalue weighted by Gasteiger charge is -2.30. The summed E-state index contributed by atoms with van der Waals surface area (Å²) in [4.78, 5) is 150. The monoisotopic (exact) mass is 1700 g/mol. The Labute approximate surface area is 709 Å². The van der Waals surface area contributed by atoms with Gasteiger partial charge in [-0.05, 0) is 92.9 Å². The summed E-state index contributed by atoms with van der Waals surface area (Å²) >= 11 is 0. The van der Waals surface area contributed by atoms with E-state index < -0.39 is 5.69 Å². The molecule has 1 unspecified atom stereocenters. The van der Waals surface area contributed by atoms with Gasteiger partial charge in [-0.15, -0.1) is 6.58 Å². The molecule has 0 aliphatic carbocycles. The summed E-state index contributed by atoms with van der Waals surface area (Å²) < 4.78 is 23.0. The Balaban J connectivity index is 0.000000150. The van der Waals surface area contributed by atoms with Gasteiger partial charge in [-0.25, -0.2) is 49.0 Å². The molecule has 0 aromatic carbocycles. The van der Waals surface area contributed by atoms with Crippen LogP contribution in [0.15, 0.2) is 110 Å². The molecule has 5 aliphatic heterocycles. The minimum atomic E-state index is -0.396. The first kappa shape index (κ1) is 91.1. The highest BCUT2D eigenvalue weighted by Gasteiger charge is 2.36. The number of anilines is 5. The van der Waals surface area contributed by atoms with Crippen molar-refractivity contribution in [2.45, 2.75) is 229 Å². The number of aromatic nitrogens is 20. The molecule has 5 aliphatic rings. The van der Waals surface area contributed by atoms with Crippen LogP contribution in [-0.2, 0) is 94.1 Å². The second-order valence-electron chi connectivity index (χ2n) is 33.8. The van der Waals surface area contributed by atoms with E-state index in [-0.39, 0.29) is 81.0 Å². The average molecular weight is 1700 g/mol. The lowest BCUT2D eigenvalue weighted by atomic mass is 9.89. The highest BCUT2D eigenvalue weighted by molar-refractivity contribution is 5.94. The van der Waals surface area contributed by atoms with E-state index in [1.807, 2.05) is 127 Å². The molecule has 0 radical (unpaired) electrons. The maximum atomic E-state index is 13.0. The van der Waals surface area contributed by atoms with Gasteiger partial charge in [0.05, 0.1) is 67.3 Å². The predicted octanol–water partition coefficient (Wildman–Crippen LogP) is 6.75. The molecule has 15 heterocycles. The zero-order chi connectivity index (χ0) is 90.3. The number of hydrogen-bond donors (Lipinski definition) is 0. The smallest absolute Gasteiger partial charge is 0.297 e. The summed E-state index contributed by atoms with van der Waals surface area (Å²) in [6.45, 7) is 52.5. The molecule has 0 bridgehead atoms. The van der Waals surface area contributed by atoms with Gasteiger partial charge >= 0.3 is 28.4 Å². The van der Waals surface area contributed by atoms with Crippen LogP contribution in [0.25, 0.3) is 55.8 Å². The van der Waals surface area contributed by atoms with Crippen LogP contribution in [-0.4, -0.2) is 155 Å². The summed E-state index contributed by atoms with van der Waals surface area (Å²) in [5, 5.41) is 31.9. The van der Waals surface area contributed by atoms with Crippen LogP contribution in [0.1, 0.15) is 170 Å². The fourth-order valence-corrected chi connectivity index (χ4v) is 15.4. The summed E-state index contributed by atoms with van der Waals surface area (Å²) in [7, 11) is 8.26. The highest BCUT2D eigenvalue weighted by Crippen LogP contribution is 2.33. The molecule has 10 aromatic rings. The molecule has 0 amide bonds. The van der Waals surface area contributed by atoms with Gasteiger partial charge in [-0.2, -0.15) is 50.4 Å². The van der Waals surface area contributed by atoms with Crippen LogP contribution in [0.3, 0.4) is 0 Å². The number of rotatable bonds is 20. The van der Waals surface area contributed by atoms with Gasteiger partial charge < -0.3 is 0 Å². The third kappa shape index (κ3) is 17.1. The Morgan fingerprint density at radius 1 is 0.439 bits per heavy atom. The number of fused-ring (bicyclic) bond motifs is 15. The Morgan fingerprint density at radius 2 is 0.805 bits per heavy atom. The van der Waals surface area contributed by atoms with Gasteiger partial charge in [-0.3, -0.25) is 92.5 Å². The molecule has 0 saturated carbocycles. The van der Waals surface area contributed by atoms with Crippen molar-refractivity contribution in [1.29, 1.82) is 0 Å². The molecule has 0 N–H and O–H groups in total. The SMILES string of the molecule is C=C(C)CN1N=C(C)Cn2c1nc1c2c(=O)n(C/C=C/C)c(=O)n1C.C=CCn1c(=O)c2c(nc3n2CC(C(C)(C)C)=NN3CC)n(C)c1=O.CCCCn1c(=O)c2c(nc3n2CC(C)=NN3CCC)n(C)c1=O.CCCN1N=C(C)Cn2c1nc1c2c(=O)n(CC(C)C)c(=O)n1C.CCCn1c(=O)c2c(nc3n2C(C)C(C)=NN3CC(C)C)n(C)c1=O. The topological polar surface area (TPSA) is 387 Å². The Bertz CT molecular complexity index is 6690. The molecule has 1 atom stereocenters. The number of nitrogens with zero attached hydrogens (tertiary/aromatic N) is 30. The van der Waals surface area contributed by atoms with E-state index in [9.17, 15) is 47.9 Å². The zero-order valence-corrected chi connectivity index (χ0v) is 75.8. The maximum Gasteiger partial charge on any atom is 0.332 e. The van der Waals surface area contributed by atoms with Crippen LogP contribution in [0.4, 0.5) is 29.7 Å². The van der Waals surface area contributed by atoms with Crippen molar-refractivity contribution < 1.29 is 0 Å². The van der Waals surface area contributed by atoms with E-state index in [2.05, 4.69) is 107 Å². The van der Waals surface area contributed by atoms with E-state index in [0.29, 0.717) is 157 Å². The fourth-order valence-electron chi connectivity index (χ4n) is 15.4. The van der Waals surface area contributed by atoms with Crippen LogP contribution in [0.2, 0.25) is 0 Å². The molecule has 0 saturated heterocycles. The van der Waals surface area contributed by atoms with E-state index in [1.165, 1.54) is 45.7 Å². The third-order valence-electron chi connectivity index (χ3n) is 21.6. The van der Waals surface area contributed by atoms with Crippen molar-refractivity contribution in [3.05, 3.63) is 141 Å². The molecular weight excluding hydrogens is 1580 g/mol. The van der Waals surface area contributed by atoms with Gasteiger partial charge in [0, 0.05) is 99.6 Å². The number of hydrazone groups is 5. The summed E-state index contributed by atoms with van der Waals surface area (Å²) in [6, 6.07) is -0.0799. The first-order valence-electron chi connectivity index (χ1n) is 42.2. The van der Waals surface area contributed by atoms with Crippen molar-refractivity contribution in [2.75, 3.05) is 57.8 Å². The first-order valence-corrected chi connectivity index (χ1v) is 42.2. The molecule has 40 nitrogen and oxygen atoms in total. The fraction of sp³-hybridized carbons (Fsp3) is 0.566. The van der Waals surface area contributed by atoms with Crippen LogP contribution < -0.4 is 81.3 Å². The van der Waals surface area contributed by atoms with E-state index in [1.54, 1.807) is 57.4 Å². The largest absolute Gasteiger partial charge is 0.332 e. The number of aryl methyl sites for hydroxylation is 5. The molecule has 0 spiro atoms. The highest BCUT2D eigenvalue weighted by atomic mass is 16.2. The van der Waals surface area contributed by atoms with Crippen molar-refractivity contribution in [1.82, 2.24) is 93.4 Å². The Hall–Kier alpha value is -12.7. The molecule has 15 rings (SSSR count). The number of allylic oxidation sites excluding steroid dienone is 3.